The maximum Gasteiger partial charge on any atom is 0.347 e. The van der Waals surface area contributed by atoms with E-state index in [1.54, 1.807) is 51.3 Å². The molecule has 0 fully saturated rings. The van der Waals surface area contributed by atoms with Gasteiger partial charge in [-0.15, -0.1) is 0 Å². The number of benzene rings is 3. The minimum absolute atomic E-state index is 0.145. The zero-order valence-corrected chi connectivity index (χ0v) is 25.2. The van der Waals surface area contributed by atoms with Gasteiger partial charge in [0.1, 0.15) is 5.75 Å². The number of carbonyl (C=O) groups excluding carboxylic acids is 1. The molecule has 0 saturated heterocycles. The van der Waals surface area contributed by atoms with Crippen molar-refractivity contribution in [1.29, 1.82) is 0 Å². The van der Waals surface area contributed by atoms with Crippen LogP contribution < -0.4 is 15.0 Å². The molecule has 4 aromatic rings. The predicted octanol–water partition coefficient (Wildman–Crippen LogP) is 7.02. The molecule has 0 bridgehead atoms. The van der Waals surface area contributed by atoms with Crippen LogP contribution in [-0.2, 0) is 9.53 Å². The molecule has 41 heavy (non-hydrogen) atoms. The molecule has 1 heterocycles. The van der Waals surface area contributed by atoms with Crippen molar-refractivity contribution in [3.8, 4) is 22.9 Å². The summed E-state index contributed by atoms with van der Waals surface area (Å²) in [4.78, 5) is 30.5. The van der Waals surface area contributed by atoms with Crippen molar-refractivity contribution in [3.63, 3.8) is 0 Å². The molecule has 1 aromatic heterocycles. The van der Waals surface area contributed by atoms with Crippen LogP contribution in [-0.4, -0.2) is 41.7 Å². The van der Waals surface area contributed by atoms with Crippen LogP contribution in [0.5, 0.6) is 11.5 Å². The Balaban J connectivity index is 1.83. The quantitative estimate of drug-likeness (QED) is 0.152. The first-order valence-electron chi connectivity index (χ1n) is 13.1. The van der Waals surface area contributed by atoms with Crippen LogP contribution in [0.1, 0.15) is 50.3 Å². The van der Waals surface area contributed by atoms with Gasteiger partial charge in [0.05, 0.1) is 40.9 Å². The van der Waals surface area contributed by atoms with Crippen molar-refractivity contribution >= 4 is 46.3 Å². The van der Waals surface area contributed by atoms with Crippen LogP contribution in [0, 0.1) is 6.92 Å². The number of ether oxygens (including phenoxy) is 3. The van der Waals surface area contributed by atoms with Crippen LogP contribution in [0.2, 0.25) is 10.0 Å². The number of nitrogens with zero attached hydrogens (tertiary/aromatic N) is 3. The molecule has 0 aliphatic rings. The summed E-state index contributed by atoms with van der Waals surface area (Å²) < 4.78 is 17.5. The molecule has 4 rings (SSSR count). The molecule has 3 aromatic carbocycles. The Morgan fingerprint density at radius 3 is 2.41 bits per heavy atom. The lowest BCUT2D eigenvalue weighted by Crippen LogP contribution is -2.26. The molecule has 0 amide bonds. The Morgan fingerprint density at radius 2 is 1.78 bits per heavy atom. The number of hydrogen-bond donors (Lipinski definition) is 0. The number of aromatic nitrogens is 2. The van der Waals surface area contributed by atoms with Crippen molar-refractivity contribution in [2.75, 3.05) is 13.7 Å². The third kappa shape index (κ3) is 6.39. The molecule has 214 valence electrons. The molecular formula is C31H31Cl2N3O5. The van der Waals surface area contributed by atoms with E-state index in [1.165, 1.54) is 10.9 Å². The average Bonchev–Trinajstić information content (AvgIpc) is 2.94. The van der Waals surface area contributed by atoms with Gasteiger partial charge in [-0.2, -0.15) is 9.78 Å². The van der Waals surface area contributed by atoms with Gasteiger partial charge in [-0.1, -0.05) is 49.2 Å². The Morgan fingerprint density at radius 1 is 1.10 bits per heavy atom. The summed E-state index contributed by atoms with van der Waals surface area (Å²) in [5.74, 6) is 0.933. The van der Waals surface area contributed by atoms with Gasteiger partial charge in [0.15, 0.2) is 17.7 Å². The highest BCUT2D eigenvalue weighted by Gasteiger charge is 2.21. The highest BCUT2D eigenvalue weighted by molar-refractivity contribution is 6.37. The maximum atomic E-state index is 13.7. The third-order valence-corrected chi connectivity index (χ3v) is 7.01. The number of aryl methyl sites for hydroxylation is 1. The van der Waals surface area contributed by atoms with Crippen LogP contribution in [0.3, 0.4) is 0 Å². The molecule has 0 aliphatic heterocycles. The molecule has 0 N–H and O–H groups in total. The summed E-state index contributed by atoms with van der Waals surface area (Å²) >= 11 is 12.9. The van der Waals surface area contributed by atoms with Crippen molar-refractivity contribution in [1.82, 2.24) is 9.66 Å². The SMILES string of the molecule is CCOC(=O)[C@@H](C)Oc1c(Cl)cc(C=Nn2c(-c3cc(C(C)C)c(OC)cc3C)nc3ccccc3c2=O)cc1Cl. The lowest BCUT2D eigenvalue weighted by atomic mass is 9.96. The molecule has 0 saturated carbocycles. The maximum absolute atomic E-state index is 13.7. The summed E-state index contributed by atoms with van der Waals surface area (Å²) in [7, 11) is 1.64. The molecule has 1 atom stereocenters. The lowest BCUT2D eigenvalue weighted by Gasteiger charge is -2.17. The third-order valence-electron chi connectivity index (χ3n) is 6.45. The summed E-state index contributed by atoms with van der Waals surface area (Å²) in [6, 6.07) is 14.2. The normalized spacial score (nSPS) is 12.2. The van der Waals surface area contributed by atoms with Gasteiger partial charge in [-0.05, 0) is 79.8 Å². The number of para-hydroxylation sites is 1. The Kier molecular flexibility index (Phi) is 9.35. The highest BCUT2D eigenvalue weighted by Crippen LogP contribution is 2.36. The van der Waals surface area contributed by atoms with E-state index in [0.717, 1.165) is 22.4 Å². The van der Waals surface area contributed by atoms with Crippen LogP contribution in [0.15, 0.2) is 58.4 Å². The molecule has 0 spiro atoms. The van der Waals surface area contributed by atoms with Crippen LogP contribution in [0.4, 0.5) is 0 Å². The van der Waals surface area contributed by atoms with E-state index < -0.39 is 12.1 Å². The van der Waals surface area contributed by atoms with E-state index in [2.05, 4.69) is 18.9 Å². The Hall–Kier alpha value is -3.88. The number of carbonyl (C=O) groups is 1. The van der Waals surface area contributed by atoms with E-state index in [-0.39, 0.29) is 33.9 Å². The van der Waals surface area contributed by atoms with Crippen LogP contribution >= 0.6 is 23.2 Å². The second-order valence-electron chi connectivity index (χ2n) is 9.70. The fourth-order valence-corrected chi connectivity index (χ4v) is 4.94. The van der Waals surface area contributed by atoms with E-state index in [4.69, 9.17) is 42.4 Å². The summed E-state index contributed by atoms with van der Waals surface area (Å²) in [6.07, 6.45) is 0.567. The number of methoxy groups -OCH3 is 1. The van der Waals surface area contributed by atoms with E-state index in [0.29, 0.717) is 22.3 Å². The zero-order valence-electron chi connectivity index (χ0n) is 23.7. The fraction of sp³-hybridized carbons (Fsp3) is 0.290. The van der Waals surface area contributed by atoms with Gasteiger partial charge in [0, 0.05) is 5.56 Å². The van der Waals surface area contributed by atoms with E-state index in [1.807, 2.05) is 25.1 Å². The summed E-state index contributed by atoms with van der Waals surface area (Å²) in [5.41, 5.74) is 3.35. The first-order valence-corrected chi connectivity index (χ1v) is 13.9. The number of hydrogen-bond acceptors (Lipinski definition) is 7. The van der Waals surface area contributed by atoms with Gasteiger partial charge in [0.25, 0.3) is 5.56 Å². The van der Waals surface area contributed by atoms with Crippen LogP contribution in [0.25, 0.3) is 22.3 Å². The smallest absolute Gasteiger partial charge is 0.347 e. The predicted molar refractivity (Wildman–Crippen MR) is 163 cm³/mol. The summed E-state index contributed by atoms with van der Waals surface area (Å²) in [6.45, 7) is 9.57. The first-order chi connectivity index (χ1) is 19.5. The fourth-order valence-electron chi connectivity index (χ4n) is 4.35. The largest absolute Gasteiger partial charge is 0.496 e. The van der Waals surface area contributed by atoms with Gasteiger partial charge < -0.3 is 14.2 Å². The molecular weight excluding hydrogens is 565 g/mol. The number of rotatable bonds is 9. The highest BCUT2D eigenvalue weighted by atomic mass is 35.5. The topological polar surface area (TPSA) is 92.0 Å². The Labute approximate surface area is 248 Å². The second kappa shape index (κ2) is 12.7. The monoisotopic (exact) mass is 595 g/mol. The van der Waals surface area contributed by atoms with E-state index in [9.17, 15) is 9.59 Å². The lowest BCUT2D eigenvalue weighted by molar-refractivity contribution is -0.150. The average molecular weight is 597 g/mol. The molecule has 0 radical (unpaired) electrons. The molecule has 8 nitrogen and oxygen atoms in total. The van der Waals surface area contributed by atoms with Gasteiger partial charge in [0.2, 0.25) is 0 Å². The van der Waals surface area contributed by atoms with Crippen molar-refractivity contribution in [3.05, 3.63) is 85.6 Å². The van der Waals surface area contributed by atoms with E-state index >= 15 is 0 Å². The number of fused-ring (bicyclic) bond motifs is 1. The minimum atomic E-state index is -0.905. The minimum Gasteiger partial charge on any atom is -0.496 e. The first kappa shape index (κ1) is 30.1. The Bertz CT molecular complexity index is 1670. The zero-order chi connectivity index (χ0) is 29.8. The molecule has 0 unspecified atom stereocenters. The molecule has 0 aliphatic carbocycles. The molecule has 10 heteroatoms. The van der Waals surface area contributed by atoms with Gasteiger partial charge in [-0.25, -0.2) is 9.78 Å². The number of halogens is 2. The van der Waals surface area contributed by atoms with Gasteiger partial charge in [-0.3, -0.25) is 4.79 Å². The standard InChI is InChI=1S/C31H31Cl2N3O5/c1-7-40-31(38)19(5)41-28-24(32)13-20(14-25(28)33)16-34-36-29(35-26-11-9-8-10-21(26)30(36)37)23-15-22(17(2)3)27(39-6)12-18(23)4/h8-17,19H,7H2,1-6H3/t19-/m1/s1. The van der Waals surface area contributed by atoms with Crippen molar-refractivity contribution < 1.29 is 19.0 Å². The summed E-state index contributed by atoms with van der Waals surface area (Å²) in [5, 5.41) is 5.31. The van der Waals surface area contributed by atoms with Gasteiger partial charge >= 0.3 is 5.97 Å². The van der Waals surface area contributed by atoms with Crippen molar-refractivity contribution in [2.45, 2.75) is 46.6 Å². The number of esters is 1. The van der Waals surface area contributed by atoms with Crippen molar-refractivity contribution in [2.24, 2.45) is 5.10 Å². The second-order valence-corrected chi connectivity index (χ2v) is 10.5.